The molecule has 0 unspecified atom stereocenters. The van der Waals surface area contributed by atoms with Crippen molar-refractivity contribution in [2.24, 2.45) is 5.92 Å². The molecule has 2 aliphatic rings. The molecule has 1 N–H and O–H groups in total. The van der Waals surface area contributed by atoms with E-state index in [2.05, 4.69) is 24.2 Å². The standard InChI is InChI=1S/C15H30N2/c1-13(14-7-5-3-4-6-8-14)16-15-9-11-17(2)12-10-15/h13-16H,3-12H2,1-2H3/t13-/m0/s1. The van der Waals surface area contributed by atoms with Gasteiger partial charge in [-0.1, -0.05) is 25.7 Å². The molecule has 0 bridgehead atoms. The molecular formula is C15H30N2. The monoisotopic (exact) mass is 238 g/mol. The van der Waals surface area contributed by atoms with E-state index in [-0.39, 0.29) is 0 Å². The fourth-order valence-electron chi connectivity index (χ4n) is 3.49. The highest BCUT2D eigenvalue weighted by Crippen LogP contribution is 2.26. The zero-order valence-electron chi connectivity index (χ0n) is 11.8. The molecule has 1 saturated heterocycles. The smallest absolute Gasteiger partial charge is 0.00939 e. The Kier molecular flexibility index (Phi) is 5.30. The molecular weight excluding hydrogens is 208 g/mol. The van der Waals surface area contributed by atoms with E-state index in [1.807, 2.05) is 0 Å². The summed E-state index contributed by atoms with van der Waals surface area (Å²) in [5.41, 5.74) is 0. The van der Waals surface area contributed by atoms with Crippen LogP contribution in [0.1, 0.15) is 58.3 Å². The summed E-state index contributed by atoms with van der Waals surface area (Å²) in [6.45, 7) is 4.97. The number of hydrogen-bond acceptors (Lipinski definition) is 2. The SMILES string of the molecule is C[C@H](NC1CCN(C)CC1)C1CCCCCC1. The fourth-order valence-corrected chi connectivity index (χ4v) is 3.49. The predicted molar refractivity (Wildman–Crippen MR) is 74.3 cm³/mol. The van der Waals surface area contributed by atoms with Crippen LogP contribution in [0.3, 0.4) is 0 Å². The first-order valence-electron chi connectivity index (χ1n) is 7.70. The lowest BCUT2D eigenvalue weighted by Gasteiger charge is -2.34. The third kappa shape index (κ3) is 4.26. The molecule has 0 aromatic heterocycles. The molecule has 2 heteroatoms. The maximum Gasteiger partial charge on any atom is 0.00939 e. The summed E-state index contributed by atoms with van der Waals surface area (Å²) in [6, 6.07) is 1.52. The first-order valence-corrected chi connectivity index (χ1v) is 7.70. The van der Waals surface area contributed by atoms with Gasteiger partial charge in [-0.15, -0.1) is 0 Å². The van der Waals surface area contributed by atoms with Gasteiger partial charge < -0.3 is 10.2 Å². The highest BCUT2D eigenvalue weighted by molar-refractivity contribution is 4.82. The fraction of sp³-hybridized carbons (Fsp3) is 1.00. The van der Waals surface area contributed by atoms with Gasteiger partial charge in [0.05, 0.1) is 0 Å². The summed E-state index contributed by atoms with van der Waals surface area (Å²) in [7, 11) is 2.24. The van der Waals surface area contributed by atoms with Gasteiger partial charge in [0.1, 0.15) is 0 Å². The Bertz CT molecular complexity index is 201. The lowest BCUT2D eigenvalue weighted by molar-refractivity contribution is 0.208. The Morgan fingerprint density at radius 3 is 2.12 bits per heavy atom. The Hall–Kier alpha value is -0.0800. The molecule has 1 saturated carbocycles. The quantitative estimate of drug-likeness (QED) is 0.760. The Morgan fingerprint density at radius 1 is 0.941 bits per heavy atom. The van der Waals surface area contributed by atoms with Gasteiger partial charge in [-0.2, -0.15) is 0 Å². The van der Waals surface area contributed by atoms with Gasteiger partial charge in [-0.3, -0.25) is 0 Å². The van der Waals surface area contributed by atoms with E-state index in [4.69, 9.17) is 0 Å². The van der Waals surface area contributed by atoms with Crippen LogP contribution in [0.15, 0.2) is 0 Å². The summed E-state index contributed by atoms with van der Waals surface area (Å²) >= 11 is 0. The maximum absolute atomic E-state index is 3.91. The summed E-state index contributed by atoms with van der Waals surface area (Å²) in [5.74, 6) is 0.942. The second kappa shape index (κ2) is 6.75. The third-order valence-corrected chi connectivity index (χ3v) is 4.82. The van der Waals surface area contributed by atoms with Crippen molar-refractivity contribution in [2.45, 2.75) is 70.4 Å². The number of rotatable bonds is 3. The van der Waals surface area contributed by atoms with E-state index in [9.17, 15) is 0 Å². The molecule has 1 aliphatic carbocycles. The molecule has 0 aromatic rings. The van der Waals surface area contributed by atoms with Gasteiger partial charge >= 0.3 is 0 Å². The van der Waals surface area contributed by atoms with Crippen LogP contribution in [0.5, 0.6) is 0 Å². The van der Waals surface area contributed by atoms with Crippen LogP contribution in [0.2, 0.25) is 0 Å². The van der Waals surface area contributed by atoms with Gasteiger partial charge in [0.2, 0.25) is 0 Å². The number of hydrogen-bond donors (Lipinski definition) is 1. The van der Waals surface area contributed by atoms with Crippen LogP contribution >= 0.6 is 0 Å². The van der Waals surface area contributed by atoms with Crippen LogP contribution in [0, 0.1) is 5.92 Å². The molecule has 0 amide bonds. The van der Waals surface area contributed by atoms with Crippen LogP contribution in [-0.4, -0.2) is 37.1 Å². The number of likely N-dealkylation sites (tertiary alicyclic amines) is 1. The average molecular weight is 238 g/mol. The molecule has 1 aliphatic heterocycles. The van der Waals surface area contributed by atoms with Crippen LogP contribution in [0.25, 0.3) is 0 Å². The Morgan fingerprint density at radius 2 is 1.53 bits per heavy atom. The second-order valence-corrected chi connectivity index (χ2v) is 6.28. The molecule has 2 nitrogen and oxygen atoms in total. The van der Waals surface area contributed by atoms with Crippen molar-refractivity contribution in [1.29, 1.82) is 0 Å². The zero-order valence-corrected chi connectivity index (χ0v) is 11.8. The molecule has 0 aromatic carbocycles. The van der Waals surface area contributed by atoms with E-state index in [1.54, 1.807) is 0 Å². The molecule has 2 rings (SSSR count). The van der Waals surface area contributed by atoms with Crippen molar-refractivity contribution in [2.75, 3.05) is 20.1 Å². The van der Waals surface area contributed by atoms with E-state index >= 15 is 0 Å². The molecule has 1 atom stereocenters. The maximum atomic E-state index is 3.91. The molecule has 1 heterocycles. The molecule has 2 fully saturated rings. The minimum Gasteiger partial charge on any atom is -0.311 e. The van der Waals surface area contributed by atoms with Crippen LogP contribution < -0.4 is 5.32 Å². The lowest BCUT2D eigenvalue weighted by atomic mass is 9.91. The summed E-state index contributed by atoms with van der Waals surface area (Å²) < 4.78 is 0. The normalized spacial score (nSPS) is 27.9. The van der Waals surface area contributed by atoms with Gasteiger partial charge in [-0.05, 0) is 58.7 Å². The van der Waals surface area contributed by atoms with E-state index in [1.165, 1.54) is 64.5 Å². The van der Waals surface area contributed by atoms with Crippen molar-refractivity contribution in [1.82, 2.24) is 10.2 Å². The minimum absolute atomic E-state index is 0.738. The van der Waals surface area contributed by atoms with Crippen molar-refractivity contribution < 1.29 is 0 Å². The number of nitrogens with zero attached hydrogens (tertiary/aromatic N) is 1. The lowest BCUT2D eigenvalue weighted by Crippen LogP contribution is -2.46. The molecule has 0 radical (unpaired) electrons. The van der Waals surface area contributed by atoms with E-state index in [0.717, 1.165) is 18.0 Å². The Balaban J connectivity index is 1.73. The number of nitrogens with one attached hydrogen (secondary N) is 1. The number of piperidine rings is 1. The van der Waals surface area contributed by atoms with Crippen molar-refractivity contribution in [3.8, 4) is 0 Å². The first-order chi connectivity index (χ1) is 8.25. The highest BCUT2D eigenvalue weighted by Gasteiger charge is 2.23. The molecule has 17 heavy (non-hydrogen) atoms. The first kappa shape index (κ1) is 13.4. The molecule has 100 valence electrons. The van der Waals surface area contributed by atoms with E-state index < -0.39 is 0 Å². The summed E-state index contributed by atoms with van der Waals surface area (Å²) in [5, 5.41) is 3.91. The zero-order chi connectivity index (χ0) is 12.1. The molecule has 0 spiro atoms. The van der Waals surface area contributed by atoms with Crippen molar-refractivity contribution in [3.05, 3.63) is 0 Å². The van der Waals surface area contributed by atoms with Gasteiger partial charge in [0.25, 0.3) is 0 Å². The summed E-state index contributed by atoms with van der Waals surface area (Å²) in [4.78, 5) is 2.45. The predicted octanol–water partition coefficient (Wildman–Crippen LogP) is 3.03. The van der Waals surface area contributed by atoms with Gasteiger partial charge in [-0.25, -0.2) is 0 Å². The highest BCUT2D eigenvalue weighted by atomic mass is 15.1. The summed E-state index contributed by atoms with van der Waals surface area (Å²) in [6.07, 6.45) is 11.5. The second-order valence-electron chi connectivity index (χ2n) is 6.28. The topological polar surface area (TPSA) is 15.3 Å². The van der Waals surface area contributed by atoms with E-state index in [0.29, 0.717) is 0 Å². The van der Waals surface area contributed by atoms with Crippen molar-refractivity contribution in [3.63, 3.8) is 0 Å². The van der Waals surface area contributed by atoms with Gasteiger partial charge in [0, 0.05) is 12.1 Å². The van der Waals surface area contributed by atoms with Crippen molar-refractivity contribution >= 4 is 0 Å². The van der Waals surface area contributed by atoms with Gasteiger partial charge in [0.15, 0.2) is 0 Å². The Labute approximate surface area is 107 Å². The third-order valence-electron chi connectivity index (χ3n) is 4.82. The van der Waals surface area contributed by atoms with Crippen LogP contribution in [0.4, 0.5) is 0 Å². The average Bonchev–Trinajstić information content (AvgIpc) is 2.61. The largest absolute Gasteiger partial charge is 0.311 e. The van der Waals surface area contributed by atoms with Crippen LogP contribution in [-0.2, 0) is 0 Å². The minimum atomic E-state index is 0.738.